The van der Waals surface area contributed by atoms with Gasteiger partial charge in [-0.2, -0.15) is 0 Å². The Morgan fingerprint density at radius 3 is 2.58 bits per heavy atom. The van der Waals surface area contributed by atoms with Crippen molar-refractivity contribution < 1.29 is 4.79 Å². The maximum absolute atomic E-state index is 12.0. The van der Waals surface area contributed by atoms with Crippen LogP contribution >= 0.6 is 0 Å². The molecule has 1 amide bonds. The number of hydrogen-bond donors (Lipinski definition) is 2. The van der Waals surface area contributed by atoms with Crippen LogP contribution in [0.4, 0.5) is 5.69 Å². The summed E-state index contributed by atoms with van der Waals surface area (Å²) in [6.45, 7) is 0.681. The number of hydrogen-bond acceptors (Lipinski definition) is 2. The number of benzene rings is 2. The van der Waals surface area contributed by atoms with Crippen molar-refractivity contribution in [1.82, 2.24) is 0 Å². The monoisotopic (exact) mass is 254 g/mol. The maximum atomic E-state index is 12.0. The number of rotatable bonds is 5. The molecule has 0 heterocycles. The molecule has 0 aromatic heterocycles. The van der Waals surface area contributed by atoms with Crippen LogP contribution in [0, 0.1) is 0 Å². The Hall–Kier alpha value is -2.13. The molecule has 0 aliphatic carbocycles. The van der Waals surface area contributed by atoms with Crippen molar-refractivity contribution in [3.05, 3.63) is 65.7 Å². The van der Waals surface area contributed by atoms with Crippen LogP contribution in [0.25, 0.3) is 0 Å². The normalized spacial score (nSPS) is 10.2. The van der Waals surface area contributed by atoms with Gasteiger partial charge in [-0.25, -0.2) is 0 Å². The van der Waals surface area contributed by atoms with Crippen LogP contribution < -0.4 is 11.1 Å². The van der Waals surface area contributed by atoms with Gasteiger partial charge in [-0.15, -0.1) is 0 Å². The number of carbonyl (C=O) groups is 1. The molecule has 0 bridgehead atoms. The van der Waals surface area contributed by atoms with E-state index >= 15 is 0 Å². The van der Waals surface area contributed by atoms with E-state index < -0.39 is 0 Å². The minimum absolute atomic E-state index is 0.0865. The lowest BCUT2D eigenvalue weighted by atomic mass is 10.1. The highest BCUT2D eigenvalue weighted by atomic mass is 16.1. The molecule has 0 fully saturated rings. The average molecular weight is 254 g/mol. The van der Waals surface area contributed by atoms with Gasteiger partial charge in [0.05, 0.1) is 0 Å². The van der Waals surface area contributed by atoms with Crippen LogP contribution in [0.3, 0.4) is 0 Å². The third kappa shape index (κ3) is 3.93. The lowest BCUT2D eigenvalue weighted by Gasteiger charge is -2.07. The molecule has 19 heavy (non-hydrogen) atoms. The first-order valence-corrected chi connectivity index (χ1v) is 6.45. The van der Waals surface area contributed by atoms with Crippen LogP contribution in [0.1, 0.15) is 22.3 Å². The molecule has 0 aliphatic rings. The first-order valence-electron chi connectivity index (χ1n) is 6.45. The van der Waals surface area contributed by atoms with Crippen LogP contribution in [-0.4, -0.2) is 12.5 Å². The van der Waals surface area contributed by atoms with Gasteiger partial charge < -0.3 is 11.1 Å². The highest BCUT2D eigenvalue weighted by Crippen LogP contribution is 2.13. The Bertz CT molecular complexity index is 537. The second-order valence-electron chi connectivity index (χ2n) is 4.41. The summed E-state index contributed by atoms with van der Waals surface area (Å²) in [7, 11) is 0. The van der Waals surface area contributed by atoms with Gasteiger partial charge in [0.1, 0.15) is 0 Å². The molecule has 2 aromatic carbocycles. The molecule has 3 N–H and O–H groups in total. The summed E-state index contributed by atoms with van der Waals surface area (Å²) < 4.78 is 0. The number of aryl methyl sites for hydroxylation is 1. The Labute approximate surface area is 113 Å². The molecule has 2 rings (SSSR count). The fourth-order valence-corrected chi connectivity index (χ4v) is 1.90. The molecule has 3 heteroatoms. The van der Waals surface area contributed by atoms with Crippen molar-refractivity contribution in [2.24, 2.45) is 5.73 Å². The van der Waals surface area contributed by atoms with E-state index in [9.17, 15) is 4.79 Å². The van der Waals surface area contributed by atoms with Crippen molar-refractivity contribution in [1.29, 1.82) is 0 Å². The second kappa shape index (κ2) is 6.71. The first kappa shape index (κ1) is 13.3. The summed E-state index contributed by atoms with van der Waals surface area (Å²) >= 11 is 0. The van der Waals surface area contributed by atoms with Gasteiger partial charge in [-0.05, 0) is 49.2 Å². The summed E-state index contributed by atoms with van der Waals surface area (Å²) in [6, 6.07) is 17.1. The van der Waals surface area contributed by atoms with Gasteiger partial charge in [0, 0.05) is 11.3 Å². The zero-order chi connectivity index (χ0) is 13.5. The third-order valence-electron chi connectivity index (χ3n) is 2.89. The van der Waals surface area contributed by atoms with E-state index in [0.29, 0.717) is 12.1 Å². The van der Waals surface area contributed by atoms with Crippen molar-refractivity contribution in [2.45, 2.75) is 12.8 Å². The molecule has 0 saturated heterocycles. The van der Waals surface area contributed by atoms with Crippen LogP contribution in [0.2, 0.25) is 0 Å². The van der Waals surface area contributed by atoms with Crippen LogP contribution in [-0.2, 0) is 6.42 Å². The Morgan fingerprint density at radius 2 is 1.84 bits per heavy atom. The molecular weight excluding hydrogens is 236 g/mol. The Balaban J connectivity index is 2.05. The van der Waals surface area contributed by atoms with E-state index in [1.54, 1.807) is 12.1 Å². The number of carbonyl (C=O) groups excluding carboxylic acids is 1. The molecule has 98 valence electrons. The van der Waals surface area contributed by atoms with Gasteiger partial charge in [0.25, 0.3) is 5.91 Å². The van der Waals surface area contributed by atoms with E-state index in [0.717, 1.165) is 18.5 Å². The quantitative estimate of drug-likeness (QED) is 0.862. The number of nitrogens with two attached hydrogens (primary N) is 1. The predicted molar refractivity (Wildman–Crippen MR) is 78.2 cm³/mol. The molecule has 0 unspecified atom stereocenters. The van der Waals surface area contributed by atoms with Crippen molar-refractivity contribution >= 4 is 11.6 Å². The predicted octanol–water partition coefficient (Wildman–Crippen LogP) is 2.83. The smallest absolute Gasteiger partial charge is 0.255 e. The molecule has 0 radical (unpaired) electrons. The standard InChI is InChI=1S/C16H18N2O/c17-11-5-7-13-6-4-10-15(12-13)18-16(19)14-8-2-1-3-9-14/h1-4,6,8-10,12H,5,7,11,17H2,(H,18,19). The highest BCUT2D eigenvalue weighted by molar-refractivity contribution is 6.04. The topological polar surface area (TPSA) is 55.1 Å². The van der Waals surface area contributed by atoms with Gasteiger partial charge >= 0.3 is 0 Å². The molecule has 0 aliphatic heterocycles. The molecule has 0 atom stereocenters. The van der Waals surface area contributed by atoms with Gasteiger partial charge in [0.2, 0.25) is 0 Å². The van der Waals surface area contributed by atoms with E-state index in [4.69, 9.17) is 5.73 Å². The van der Waals surface area contributed by atoms with E-state index in [2.05, 4.69) is 5.32 Å². The van der Waals surface area contributed by atoms with Gasteiger partial charge in [0.15, 0.2) is 0 Å². The maximum Gasteiger partial charge on any atom is 0.255 e. The van der Waals surface area contributed by atoms with Crippen molar-refractivity contribution in [3.8, 4) is 0 Å². The Morgan fingerprint density at radius 1 is 1.05 bits per heavy atom. The van der Waals surface area contributed by atoms with Crippen molar-refractivity contribution in [3.63, 3.8) is 0 Å². The first-order chi connectivity index (χ1) is 9.29. The Kier molecular flexibility index (Phi) is 4.70. The van der Waals surface area contributed by atoms with Gasteiger partial charge in [-0.3, -0.25) is 4.79 Å². The number of anilines is 1. The van der Waals surface area contributed by atoms with Gasteiger partial charge in [-0.1, -0.05) is 30.3 Å². The minimum Gasteiger partial charge on any atom is -0.330 e. The van der Waals surface area contributed by atoms with Crippen LogP contribution in [0.15, 0.2) is 54.6 Å². The highest BCUT2D eigenvalue weighted by Gasteiger charge is 2.05. The summed E-state index contributed by atoms with van der Waals surface area (Å²) in [5, 5.41) is 2.90. The molecule has 0 saturated carbocycles. The zero-order valence-corrected chi connectivity index (χ0v) is 10.8. The fraction of sp³-hybridized carbons (Fsp3) is 0.188. The zero-order valence-electron chi connectivity index (χ0n) is 10.8. The lowest BCUT2D eigenvalue weighted by Crippen LogP contribution is -2.11. The summed E-state index contributed by atoms with van der Waals surface area (Å²) in [4.78, 5) is 12.0. The second-order valence-corrected chi connectivity index (χ2v) is 4.41. The SMILES string of the molecule is NCCCc1cccc(NC(=O)c2ccccc2)c1. The number of amides is 1. The molecule has 0 spiro atoms. The largest absolute Gasteiger partial charge is 0.330 e. The van der Waals surface area contributed by atoms with E-state index in [-0.39, 0.29) is 5.91 Å². The number of nitrogens with one attached hydrogen (secondary N) is 1. The van der Waals surface area contributed by atoms with Crippen LogP contribution in [0.5, 0.6) is 0 Å². The molecule has 2 aromatic rings. The van der Waals surface area contributed by atoms with E-state index in [1.807, 2.05) is 42.5 Å². The van der Waals surface area contributed by atoms with E-state index in [1.165, 1.54) is 5.56 Å². The minimum atomic E-state index is -0.0865. The third-order valence-corrected chi connectivity index (χ3v) is 2.89. The molecular formula is C16H18N2O. The summed E-state index contributed by atoms with van der Waals surface area (Å²) in [6.07, 6.45) is 1.89. The molecule has 3 nitrogen and oxygen atoms in total. The summed E-state index contributed by atoms with van der Waals surface area (Å²) in [5.74, 6) is -0.0865. The lowest BCUT2D eigenvalue weighted by molar-refractivity contribution is 0.102. The van der Waals surface area contributed by atoms with Crippen molar-refractivity contribution in [2.75, 3.05) is 11.9 Å². The summed E-state index contributed by atoms with van der Waals surface area (Å²) in [5.41, 5.74) is 8.18. The average Bonchev–Trinajstić information content (AvgIpc) is 2.46. The fourth-order valence-electron chi connectivity index (χ4n) is 1.90.